The molecule has 5 nitrogen and oxygen atoms in total. The van der Waals surface area contributed by atoms with Crippen LogP contribution >= 0.6 is 11.6 Å². The van der Waals surface area contributed by atoms with Crippen LogP contribution in [-0.2, 0) is 21.1 Å². The minimum absolute atomic E-state index is 0.0288. The second-order valence-corrected chi connectivity index (χ2v) is 3.95. The zero-order chi connectivity index (χ0) is 10.8. The van der Waals surface area contributed by atoms with Crippen LogP contribution in [0, 0.1) is 5.95 Å². The van der Waals surface area contributed by atoms with Crippen molar-refractivity contribution in [2.24, 2.45) is 5.14 Å². The van der Waals surface area contributed by atoms with Crippen molar-refractivity contribution < 1.29 is 17.0 Å². The number of rotatable bonds is 3. The van der Waals surface area contributed by atoms with Gasteiger partial charge in [-0.05, 0) is 6.07 Å². The average molecular weight is 241 g/mol. The summed E-state index contributed by atoms with van der Waals surface area (Å²) in [4.78, 5) is 3.27. The van der Waals surface area contributed by atoms with E-state index >= 15 is 0 Å². The normalized spacial score (nSPS) is 11.6. The van der Waals surface area contributed by atoms with Gasteiger partial charge in [-0.3, -0.25) is 4.18 Å². The van der Waals surface area contributed by atoms with E-state index in [1.54, 1.807) is 0 Å². The maximum absolute atomic E-state index is 12.9. The van der Waals surface area contributed by atoms with Crippen molar-refractivity contribution in [1.82, 2.24) is 4.98 Å². The quantitative estimate of drug-likeness (QED) is 0.784. The molecule has 0 bridgehead atoms. The maximum Gasteiger partial charge on any atom is 0.333 e. The molecule has 78 valence electrons. The van der Waals surface area contributed by atoms with Gasteiger partial charge in [0, 0.05) is 6.20 Å². The molecule has 0 saturated heterocycles. The van der Waals surface area contributed by atoms with Gasteiger partial charge in [0.2, 0.25) is 5.95 Å². The van der Waals surface area contributed by atoms with Crippen LogP contribution in [0.25, 0.3) is 0 Å². The molecule has 0 aliphatic rings. The van der Waals surface area contributed by atoms with Crippen LogP contribution < -0.4 is 5.14 Å². The van der Waals surface area contributed by atoms with Crippen LogP contribution in [0.2, 0.25) is 5.02 Å². The molecule has 1 aromatic heterocycles. The molecule has 0 radical (unpaired) electrons. The van der Waals surface area contributed by atoms with Crippen LogP contribution in [0.5, 0.6) is 0 Å². The molecule has 0 saturated carbocycles. The molecule has 0 amide bonds. The molecule has 14 heavy (non-hydrogen) atoms. The van der Waals surface area contributed by atoms with Crippen molar-refractivity contribution in [3.8, 4) is 0 Å². The molecule has 2 N–H and O–H groups in total. The number of hydrogen-bond donors (Lipinski definition) is 1. The first kappa shape index (κ1) is 11.3. The van der Waals surface area contributed by atoms with Crippen LogP contribution in [0.4, 0.5) is 4.39 Å². The van der Waals surface area contributed by atoms with Crippen molar-refractivity contribution in [3.05, 3.63) is 28.8 Å². The summed E-state index contributed by atoms with van der Waals surface area (Å²) in [6.45, 7) is -0.572. The lowest BCUT2D eigenvalue weighted by atomic mass is 10.3. The topological polar surface area (TPSA) is 82.3 Å². The van der Waals surface area contributed by atoms with E-state index in [0.717, 1.165) is 6.20 Å². The summed E-state index contributed by atoms with van der Waals surface area (Å²) < 4.78 is 37.9. The number of nitrogens with zero attached hydrogens (tertiary/aromatic N) is 1. The van der Waals surface area contributed by atoms with Crippen LogP contribution in [0.1, 0.15) is 5.56 Å². The lowest BCUT2D eigenvalue weighted by Gasteiger charge is -2.03. The summed E-state index contributed by atoms with van der Waals surface area (Å²) in [5, 5.41) is 4.58. The molecule has 0 aromatic carbocycles. The Morgan fingerprint density at radius 2 is 2.29 bits per heavy atom. The van der Waals surface area contributed by atoms with Crippen molar-refractivity contribution in [2.45, 2.75) is 6.61 Å². The Morgan fingerprint density at radius 3 is 2.79 bits per heavy atom. The van der Waals surface area contributed by atoms with Crippen LogP contribution in [0.3, 0.4) is 0 Å². The molecular weight excluding hydrogens is 235 g/mol. The second-order valence-electron chi connectivity index (χ2n) is 2.32. The molecule has 0 spiro atoms. The fourth-order valence-electron chi connectivity index (χ4n) is 0.715. The highest BCUT2D eigenvalue weighted by Crippen LogP contribution is 2.18. The lowest BCUT2D eigenvalue weighted by molar-refractivity contribution is 0.301. The minimum Gasteiger partial charge on any atom is -0.253 e. The summed E-state index contributed by atoms with van der Waals surface area (Å²) in [7, 11) is -4.11. The van der Waals surface area contributed by atoms with E-state index in [-0.39, 0.29) is 10.6 Å². The highest BCUT2D eigenvalue weighted by molar-refractivity contribution is 7.84. The Kier molecular flexibility index (Phi) is 3.38. The van der Waals surface area contributed by atoms with Gasteiger partial charge in [-0.15, -0.1) is 0 Å². The second kappa shape index (κ2) is 4.18. The Bertz CT molecular complexity index is 416. The first-order chi connectivity index (χ1) is 6.40. The summed E-state index contributed by atoms with van der Waals surface area (Å²) in [6, 6.07) is 1.31. The highest BCUT2D eigenvalue weighted by atomic mass is 35.5. The molecule has 0 atom stereocenters. The molecule has 1 aromatic rings. The molecule has 0 unspecified atom stereocenters. The summed E-state index contributed by atoms with van der Waals surface area (Å²) in [5.41, 5.74) is -0.150. The van der Waals surface area contributed by atoms with Gasteiger partial charge in [0.1, 0.15) is 0 Å². The Balaban J connectivity index is 2.87. The van der Waals surface area contributed by atoms with Crippen molar-refractivity contribution >= 4 is 21.9 Å². The van der Waals surface area contributed by atoms with Gasteiger partial charge in [-0.25, -0.2) is 10.1 Å². The zero-order valence-electron chi connectivity index (χ0n) is 6.78. The van der Waals surface area contributed by atoms with Crippen LogP contribution in [-0.4, -0.2) is 13.4 Å². The third-order valence-corrected chi connectivity index (χ3v) is 2.11. The van der Waals surface area contributed by atoms with Gasteiger partial charge in [0.25, 0.3) is 0 Å². The number of aromatic nitrogens is 1. The minimum atomic E-state index is -4.11. The molecule has 1 rings (SSSR count). The summed E-state index contributed by atoms with van der Waals surface area (Å²) >= 11 is 5.56. The van der Waals surface area contributed by atoms with Gasteiger partial charge in [-0.1, -0.05) is 11.6 Å². The lowest BCUT2D eigenvalue weighted by Crippen LogP contribution is -2.16. The zero-order valence-corrected chi connectivity index (χ0v) is 8.35. The van der Waals surface area contributed by atoms with E-state index in [0.29, 0.717) is 0 Å². The third kappa shape index (κ3) is 3.18. The average Bonchev–Trinajstić information content (AvgIpc) is 2.01. The SMILES string of the molecule is NS(=O)(=O)OCc1c(Cl)ccnc1F. The van der Waals surface area contributed by atoms with E-state index < -0.39 is 22.9 Å². The Morgan fingerprint density at radius 1 is 1.64 bits per heavy atom. The smallest absolute Gasteiger partial charge is 0.253 e. The van der Waals surface area contributed by atoms with Crippen LogP contribution in [0.15, 0.2) is 12.3 Å². The van der Waals surface area contributed by atoms with Crippen molar-refractivity contribution in [2.75, 3.05) is 0 Å². The van der Waals surface area contributed by atoms with Gasteiger partial charge < -0.3 is 0 Å². The molecule has 0 aliphatic carbocycles. The predicted octanol–water partition coefficient (Wildman–Crippen LogP) is 0.594. The molecule has 8 heteroatoms. The number of nitrogens with two attached hydrogens (primary N) is 1. The van der Waals surface area contributed by atoms with Gasteiger partial charge in [0.05, 0.1) is 17.2 Å². The molecule has 0 fully saturated rings. The van der Waals surface area contributed by atoms with E-state index in [9.17, 15) is 12.8 Å². The van der Waals surface area contributed by atoms with E-state index in [2.05, 4.69) is 14.3 Å². The molecule has 1 heterocycles. The standard InChI is InChI=1S/C6H6ClFN2O3S/c7-5-1-2-10-6(8)4(5)3-13-14(9,11)12/h1-2H,3H2,(H2,9,11,12). The predicted molar refractivity (Wildman–Crippen MR) is 47.1 cm³/mol. The monoisotopic (exact) mass is 240 g/mol. The maximum atomic E-state index is 12.9. The largest absolute Gasteiger partial charge is 0.333 e. The fourth-order valence-corrected chi connectivity index (χ4v) is 1.19. The molecule has 0 aliphatic heterocycles. The van der Waals surface area contributed by atoms with E-state index in [4.69, 9.17) is 11.6 Å². The van der Waals surface area contributed by atoms with Crippen molar-refractivity contribution in [3.63, 3.8) is 0 Å². The first-order valence-corrected chi connectivity index (χ1v) is 5.21. The molecular formula is C6H6ClFN2O3S. The summed E-state index contributed by atoms with van der Waals surface area (Å²) in [5.74, 6) is -0.888. The van der Waals surface area contributed by atoms with Gasteiger partial charge in [0.15, 0.2) is 0 Å². The van der Waals surface area contributed by atoms with Crippen molar-refractivity contribution in [1.29, 1.82) is 0 Å². The number of hydrogen-bond acceptors (Lipinski definition) is 4. The third-order valence-electron chi connectivity index (χ3n) is 1.31. The van der Waals surface area contributed by atoms with E-state index in [1.807, 2.05) is 0 Å². The van der Waals surface area contributed by atoms with Gasteiger partial charge in [-0.2, -0.15) is 12.8 Å². The Labute approximate surface area is 84.9 Å². The van der Waals surface area contributed by atoms with Gasteiger partial charge >= 0.3 is 10.3 Å². The summed E-state index contributed by atoms with van der Waals surface area (Å²) in [6.07, 6.45) is 1.15. The number of pyridine rings is 1. The Hall–Kier alpha value is -0.760. The first-order valence-electron chi connectivity index (χ1n) is 3.36. The van der Waals surface area contributed by atoms with E-state index in [1.165, 1.54) is 6.07 Å². The number of halogens is 2. The highest BCUT2D eigenvalue weighted by Gasteiger charge is 2.11. The fraction of sp³-hybridized carbons (Fsp3) is 0.167.